The number of anilines is 1. The van der Waals surface area contributed by atoms with Crippen LogP contribution in [0.5, 0.6) is 0 Å². The van der Waals surface area contributed by atoms with Gasteiger partial charge in [-0.1, -0.05) is 17.7 Å². The Balaban J connectivity index is 2.10. The third-order valence-electron chi connectivity index (χ3n) is 2.85. The molecule has 19 heavy (non-hydrogen) atoms. The average molecular weight is 255 g/mol. The van der Waals surface area contributed by atoms with Gasteiger partial charge in [0.1, 0.15) is 0 Å². The summed E-state index contributed by atoms with van der Waals surface area (Å²) in [5.74, 6) is -0.0984. The van der Waals surface area contributed by atoms with E-state index in [0.717, 1.165) is 16.9 Å². The van der Waals surface area contributed by atoms with Crippen LogP contribution in [0.3, 0.4) is 0 Å². The van der Waals surface area contributed by atoms with Gasteiger partial charge in [0.05, 0.1) is 17.8 Å². The maximum absolute atomic E-state index is 12.2. The number of rotatable bonds is 4. The van der Waals surface area contributed by atoms with Gasteiger partial charge in [0.15, 0.2) is 0 Å². The molecule has 0 spiro atoms. The number of nitrogens with zero attached hydrogens (tertiary/aromatic N) is 1. The van der Waals surface area contributed by atoms with E-state index in [0.29, 0.717) is 12.1 Å². The summed E-state index contributed by atoms with van der Waals surface area (Å²) >= 11 is 0. The molecule has 2 N–H and O–H groups in total. The van der Waals surface area contributed by atoms with Crippen molar-refractivity contribution in [1.82, 2.24) is 10.3 Å². The molecule has 1 heterocycles. The lowest BCUT2D eigenvalue weighted by atomic mass is 10.1. The van der Waals surface area contributed by atoms with Crippen molar-refractivity contribution in [3.8, 4) is 0 Å². The van der Waals surface area contributed by atoms with Crippen LogP contribution in [0.25, 0.3) is 0 Å². The number of hydrogen-bond acceptors (Lipinski definition) is 3. The first-order valence-electron chi connectivity index (χ1n) is 6.17. The molecule has 2 rings (SSSR count). The van der Waals surface area contributed by atoms with E-state index in [9.17, 15) is 4.79 Å². The van der Waals surface area contributed by atoms with Crippen molar-refractivity contribution in [2.45, 2.75) is 13.5 Å². The molecule has 1 aromatic carbocycles. The van der Waals surface area contributed by atoms with Gasteiger partial charge in [0, 0.05) is 18.9 Å². The lowest BCUT2D eigenvalue weighted by molar-refractivity contribution is 0.0951. The number of benzene rings is 1. The molecule has 0 aliphatic carbocycles. The topological polar surface area (TPSA) is 54.0 Å². The van der Waals surface area contributed by atoms with E-state index in [1.54, 1.807) is 13.2 Å². The highest BCUT2D eigenvalue weighted by molar-refractivity contribution is 5.99. The van der Waals surface area contributed by atoms with E-state index in [1.165, 1.54) is 0 Å². The summed E-state index contributed by atoms with van der Waals surface area (Å²) in [4.78, 5) is 16.3. The van der Waals surface area contributed by atoms with Crippen LogP contribution in [0.4, 0.5) is 5.69 Å². The number of aryl methyl sites for hydroxylation is 1. The third kappa shape index (κ3) is 3.31. The number of amides is 1. The normalized spacial score (nSPS) is 10.0. The molecule has 0 atom stereocenters. The maximum Gasteiger partial charge on any atom is 0.253 e. The van der Waals surface area contributed by atoms with Gasteiger partial charge >= 0.3 is 0 Å². The highest BCUT2D eigenvalue weighted by atomic mass is 16.1. The smallest absolute Gasteiger partial charge is 0.253 e. The van der Waals surface area contributed by atoms with Gasteiger partial charge in [-0.05, 0) is 31.2 Å². The first kappa shape index (κ1) is 13.1. The minimum atomic E-state index is -0.0984. The van der Waals surface area contributed by atoms with Crippen molar-refractivity contribution in [3.05, 3.63) is 59.4 Å². The molecular weight excluding hydrogens is 238 g/mol. The van der Waals surface area contributed by atoms with Gasteiger partial charge in [0.2, 0.25) is 0 Å². The fraction of sp³-hybridized carbons (Fsp3) is 0.200. The van der Waals surface area contributed by atoms with Gasteiger partial charge in [-0.3, -0.25) is 9.78 Å². The summed E-state index contributed by atoms with van der Waals surface area (Å²) in [5.41, 5.74) is 3.37. The molecule has 0 saturated carbocycles. The van der Waals surface area contributed by atoms with Crippen LogP contribution in [0, 0.1) is 6.92 Å². The molecule has 4 heteroatoms. The van der Waals surface area contributed by atoms with E-state index in [2.05, 4.69) is 15.6 Å². The standard InChI is InChI=1S/C15H17N3O/c1-11-6-7-14(16-2)13(9-11)15(19)18-10-12-5-3-4-8-17-12/h3-9,16H,10H2,1-2H3,(H,18,19). The Bertz CT molecular complexity index is 567. The Hall–Kier alpha value is -2.36. The van der Waals surface area contributed by atoms with Crippen LogP contribution in [0.2, 0.25) is 0 Å². The first-order chi connectivity index (χ1) is 9.20. The van der Waals surface area contributed by atoms with E-state index in [-0.39, 0.29) is 5.91 Å². The zero-order valence-electron chi connectivity index (χ0n) is 11.1. The molecule has 0 aliphatic rings. The van der Waals surface area contributed by atoms with Crippen LogP contribution < -0.4 is 10.6 Å². The molecule has 98 valence electrons. The second-order valence-corrected chi connectivity index (χ2v) is 4.30. The van der Waals surface area contributed by atoms with Gasteiger partial charge in [-0.25, -0.2) is 0 Å². The Morgan fingerprint density at radius 3 is 2.79 bits per heavy atom. The van der Waals surface area contributed by atoms with E-state index in [1.807, 2.05) is 43.3 Å². The molecule has 1 amide bonds. The molecule has 0 bridgehead atoms. The number of carbonyl (C=O) groups is 1. The predicted octanol–water partition coefficient (Wildman–Crippen LogP) is 2.36. The number of carbonyl (C=O) groups excluding carboxylic acids is 1. The SMILES string of the molecule is CNc1ccc(C)cc1C(=O)NCc1ccccn1. The zero-order chi connectivity index (χ0) is 13.7. The molecule has 0 unspecified atom stereocenters. The zero-order valence-corrected chi connectivity index (χ0v) is 11.1. The molecule has 0 saturated heterocycles. The van der Waals surface area contributed by atoms with Crippen molar-refractivity contribution < 1.29 is 4.79 Å². The Labute approximate surface area is 112 Å². The number of pyridine rings is 1. The second-order valence-electron chi connectivity index (χ2n) is 4.30. The summed E-state index contributed by atoms with van der Waals surface area (Å²) in [5, 5.41) is 5.90. The Morgan fingerprint density at radius 1 is 1.26 bits per heavy atom. The van der Waals surface area contributed by atoms with Crippen LogP contribution in [-0.4, -0.2) is 17.9 Å². The number of hydrogen-bond donors (Lipinski definition) is 2. The van der Waals surface area contributed by atoms with Gasteiger partial charge in [-0.15, -0.1) is 0 Å². The predicted molar refractivity (Wildman–Crippen MR) is 76.1 cm³/mol. The van der Waals surface area contributed by atoms with Gasteiger partial charge in [-0.2, -0.15) is 0 Å². The molecule has 4 nitrogen and oxygen atoms in total. The van der Waals surface area contributed by atoms with Crippen molar-refractivity contribution in [2.24, 2.45) is 0 Å². The second kappa shape index (κ2) is 6.00. The maximum atomic E-state index is 12.2. The summed E-state index contributed by atoms with van der Waals surface area (Å²) in [6, 6.07) is 11.4. The summed E-state index contributed by atoms with van der Waals surface area (Å²) in [6.07, 6.45) is 1.72. The lowest BCUT2D eigenvalue weighted by Crippen LogP contribution is -2.24. The Kier molecular flexibility index (Phi) is 4.13. The van der Waals surface area contributed by atoms with Crippen molar-refractivity contribution >= 4 is 11.6 Å². The molecule has 1 aromatic heterocycles. The molecule has 2 aromatic rings. The van der Waals surface area contributed by atoms with Crippen molar-refractivity contribution in [3.63, 3.8) is 0 Å². The third-order valence-corrected chi connectivity index (χ3v) is 2.85. The largest absolute Gasteiger partial charge is 0.387 e. The molecule has 0 fully saturated rings. The van der Waals surface area contributed by atoms with Crippen LogP contribution in [0.15, 0.2) is 42.6 Å². The monoisotopic (exact) mass is 255 g/mol. The van der Waals surface area contributed by atoms with Gasteiger partial charge < -0.3 is 10.6 Å². The summed E-state index contributed by atoms with van der Waals surface area (Å²) < 4.78 is 0. The summed E-state index contributed by atoms with van der Waals surface area (Å²) in [7, 11) is 1.81. The van der Waals surface area contributed by atoms with Crippen LogP contribution >= 0.6 is 0 Å². The molecular formula is C15H17N3O. The molecule has 0 aliphatic heterocycles. The molecule has 0 radical (unpaired) electrons. The van der Waals surface area contributed by atoms with E-state index >= 15 is 0 Å². The lowest BCUT2D eigenvalue weighted by Gasteiger charge is -2.10. The Morgan fingerprint density at radius 2 is 2.11 bits per heavy atom. The van der Waals surface area contributed by atoms with E-state index in [4.69, 9.17) is 0 Å². The fourth-order valence-electron chi connectivity index (χ4n) is 1.83. The highest BCUT2D eigenvalue weighted by Gasteiger charge is 2.10. The average Bonchev–Trinajstić information content (AvgIpc) is 2.46. The van der Waals surface area contributed by atoms with Gasteiger partial charge in [0.25, 0.3) is 5.91 Å². The van der Waals surface area contributed by atoms with E-state index < -0.39 is 0 Å². The quantitative estimate of drug-likeness (QED) is 0.881. The first-order valence-corrected chi connectivity index (χ1v) is 6.17. The summed E-state index contributed by atoms with van der Waals surface area (Å²) in [6.45, 7) is 2.39. The van der Waals surface area contributed by atoms with Crippen LogP contribution in [0.1, 0.15) is 21.6 Å². The number of nitrogens with one attached hydrogen (secondary N) is 2. The van der Waals surface area contributed by atoms with Crippen molar-refractivity contribution in [2.75, 3.05) is 12.4 Å². The fourth-order valence-corrected chi connectivity index (χ4v) is 1.83. The van der Waals surface area contributed by atoms with Crippen molar-refractivity contribution in [1.29, 1.82) is 0 Å². The van der Waals surface area contributed by atoms with Crippen LogP contribution in [-0.2, 0) is 6.54 Å². The number of aromatic nitrogens is 1. The highest BCUT2D eigenvalue weighted by Crippen LogP contribution is 2.16. The minimum absolute atomic E-state index is 0.0984. The minimum Gasteiger partial charge on any atom is -0.387 e.